The molecule has 0 saturated carbocycles. The Kier molecular flexibility index (Phi) is 7.54. The van der Waals surface area contributed by atoms with Crippen LogP contribution in [-0.2, 0) is 21.1 Å². The third-order valence-corrected chi connectivity index (χ3v) is 5.56. The molecule has 8 heteroatoms. The van der Waals surface area contributed by atoms with Gasteiger partial charge in [0.1, 0.15) is 0 Å². The highest BCUT2D eigenvalue weighted by molar-refractivity contribution is 5.85. The average Bonchev–Trinajstić information content (AvgIpc) is 2.67. The number of piperidine rings is 1. The second kappa shape index (κ2) is 9.26. The first-order valence-electron chi connectivity index (χ1n) is 9.15. The molecule has 3 rings (SSSR count). The summed E-state index contributed by atoms with van der Waals surface area (Å²) in [7, 11) is 0. The number of amides is 1. The van der Waals surface area contributed by atoms with Gasteiger partial charge in [0.25, 0.3) is 0 Å². The zero-order chi connectivity index (χ0) is 18.6. The quantitative estimate of drug-likeness (QED) is 0.806. The van der Waals surface area contributed by atoms with E-state index in [1.54, 1.807) is 6.07 Å². The van der Waals surface area contributed by atoms with Gasteiger partial charge in [0.05, 0.1) is 5.56 Å². The molecule has 1 aromatic carbocycles. The lowest BCUT2D eigenvalue weighted by atomic mass is 9.73. The molecule has 2 saturated heterocycles. The van der Waals surface area contributed by atoms with Gasteiger partial charge in [0, 0.05) is 31.1 Å². The van der Waals surface area contributed by atoms with Crippen LogP contribution >= 0.6 is 12.4 Å². The molecule has 2 aliphatic heterocycles. The summed E-state index contributed by atoms with van der Waals surface area (Å²) in [5.74, 6) is -0.0148. The van der Waals surface area contributed by atoms with E-state index < -0.39 is 17.2 Å². The Balaban J connectivity index is 0.00000261. The minimum absolute atomic E-state index is 0. The number of rotatable bonds is 4. The molecule has 0 aliphatic carbocycles. The van der Waals surface area contributed by atoms with Crippen LogP contribution in [0, 0.1) is 5.92 Å². The maximum atomic E-state index is 13.1. The number of halogens is 4. The number of nitrogens with one attached hydrogen (secondary N) is 2. The van der Waals surface area contributed by atoms with Crippen LogP contribution in [-0.4, -0.2) is 38.8 Å². The number of ether oxygens (including phenoxy) is 1. The lowest BCUT2D eigenvalue weighted by Crippen LogP contribution is -2.47. The van der Waals surface area contributed by atoms with Crippen LogP contribution in [0.3, 0.4) is 0 Å². The summed E-state index contributed by atoms with van der Waals surface area (Å²) < 4.78 is 44.8. The van der Waals surface area contributed by atoms with Crippen LogP contribution in [0.2, 0.25) is 0 Å². The minimum atomic E-state index is -4.37. The van der Waals surface area contributed by atoms with Gasteiger partial charge in [-0.05, 0) is 50.4 Å². The molecule has 1 aromatic rings. The third-order valence-electron chi connectivity index (χ3n) is 5.56. The summed E-state index contributed by atoms with van der Waals surface area (Å²) in [6, 6.07) is 5.49. The predicted octanol–water partition coefficient (Wildman–Crippen LogP) is 3.29. The molecule has 1 amide bonds. The largest absolute Gasteiger partial charge is 0.416 e. The molecule has 2 fully saturated rings. The molecule has 0 aromatic heterocycles. The SMILES string of the molecule is Cl.O=C(NCC1(c2cccc(C(F)(F)F)c2)CCOCC1)C1CCNCC1. The minimum Gasteiger partial charge on any atom is -0.381 e. The Morgan fingerprint density at radius 1 is 1.22 bits per heavy atom. The molecule has 2 N–H and O–H groups in total. The maximum absolute atomic E-state index is 13.1. The van der Waals surface area contributed by atoms with E-state index in [0.717, 1.165) is 32.0 Å². The van der Waals surface area contributed by atoms with Gasteiger partial charge in [-0.3, -0.25) is 4.79 Å². The van der Waals surface area contributed by atoms with Crippen LogP contribution in [0.15, 0.2) is 24.3 Å². The van der Waals surface area contributed by atoms with Gasteiger partial charge in [0.2, 0.25) is 5.91 Å². The fourth-order valence-electron chi connectivity index (χ4n) is 3.84. The highest BCUT2D eigenvalue weighted by Crippen LogP contribution is 2.38. The van der Waals surface area contributed by atoms with E-state index in [4.69, 9.17) is 4.74 Å². The molecule has 27 heavy (non-hydrogen) atoms. The van der Waals surface area contributed by atoms with Gasteiger partial charge in [-0.15, -0.1) is 12.4 Å². The lowest BCUT2D eigenvalue weighted by molar-refractivity contribution is -0.137. The van der Waals surface area contributed by atoms with Crippen molar-refractivity contribution in [3.05, 3.63) is 35.4 Å². The molecule has 0 unspecified atom stereocenters. The third kappa shape index (κ3) is 5.36. The fourth-order valence-corrected chi connectivity index (χ4v) is 3.84. The van der Waals surface area contributed by atoms with Crippen molar-refractivity contribution < 1.29 is 22.7 Å². The summed E-state index contributed by atoms with van der Waals surface area (Å²) in [4.78, 5) is 12.5. The Bertz CT molecular complexity index is 628. The lowest BCUT2D eigenvalue weighted by Gasteiger charge is -2.38. The van der Waals surface area contributed by atoms with E-state index in [1.165, 1.54) is 12.1 Å². The first kappa shape index (κ1) is 22.0. The van der Waals surface area contributed by atoms with E-state index in [-0.39, 0.29) is 24.2 Å². The van der Waals surface area contributed by atoms with E-state index in [9.17, 15) is 18.0 Å². The maximum Gasteiger partial charge on any atom is 0.416 e. The molecule has 152 valence electrons. The molecular weight excluding hydrogens is 381 g/mol. The van der Waals surface area contributed by atoms with Crippen molar-refractivity contribution in [1.29, 1.82) is 0 Å². The van der Waals surface area contributed by atoms with Gasteiger partial charge >= 0.3 is 6.18 Å². The van der Waals surface area contributed by atoms with E-state index in [2.05, 4.69) is 10.6 Å². The van der Waals surface area contributed by atoms with Gasteiger partial charge < -0.3 is 15.4 Å². The number of benzene rings is 1. The highest BCUT2D eigenvalue weighted by Gasteiger charge is 2.38. The first-order chi connectivity index (χ1) is 12.4. The van der Waals surface area contributed by atoms with Gasteiger partial charge in [-0.25, -0.2) is 0 Å². The van der Waals surface area contributed by atoms with Gasteiger partial charge in [-0.2, -0.15) is 13.2 Å². The molecule has 4 nitrogen and oxygen atoms in total. The van der Waals surface area contributed by atoms with Crippen molar-refractivity contribution in [3.63, 3.8) is 0 Å². The van der Waals surface area contributed by atoms with Crippen molar-refractivity contribution in [2.45, 2.75) is 37.3 Å². The van der Waals surface area contributed by atoms with Crippen molar-refractivity contribution >= 4 is 18.3 Å². The van der Waals surface area contributed by atoms with E-state index >= 15 is 0 Å². The van der Waals surface area contributed by atoms with E-state index in [0.29, 0.717) is 38.2 Å². The zero-order valence-electron chi connectivity index (χ0n) is 15.1. The van der Waals surface area contributed by atoms with Crippen LogP contribution < -0.4 is 10.6 Å². The Hall–Kier alpha value is -1.31. The molecule has 0 atom stereocenters. The van der Waals surface area contributed by atoms with Crippen LogP contribution in [0.25, 0.3) is 0 Å². The summed E-state index contributed by atoms with van der Waals surface area (Å²) in [5, 5.41) is 6.24. The molecule has 0 radical (unpaired) electrons. The zero-order valence-corrected chi connectivity index (χ0v) is 15.9. The summed E-state index contributed by atoms with van der Waals surface area (Å²) in [6.45, 7) is 2.97. The monoisotopic (exact) mass is 406 g/mol. The Labute approximate surface area is 163 Å². The Morgan fingerprint density at radius 2 is 1.89 bits per heavy atom. The molecule has 0 spiro atoms. The van der Waals surface area contributed by atoms with Crippen molar-refractivity contribution in [3.8, 4) is 0 Å². The standard InChI is InChI=1S/C19H25F3N2O2.ClH/c20-19(21,22)16-3-1-2-15(12-16)18(6-10-26-11-7-18)13-24-17(25)14-4-8-23-9-5-14;/h1-3,12,14,23H,4-11,13H2,(H,24,25);1H. The number of alkyl halides is 3. The van der Waals surface area contributed by atoms with Crippen molar-refractivity contribution in [2.24, 2.45) is 5.92 Å². The number of hydrogen-bond donors (Lipinski definition) is 2. The highest BCUT2D eigenvalue weighted by atomic mass is 35.5. The molecular formula is C19H26ClF3N2O2. The van der Waals surface area contributed by atoms with Crippen LogP contribution in [0.1, 0.15) is 36.8 Å². The number of hydrogen-bond acceptors (Lipinski definition) is 3. The normalized spacial score (nSPS) is 20.6. The predicted molar refractivity (Wildman–Crippen MR) is 99.0 cm³/mol. The smallest absolute Gasteiger partial charge is 0.381 e. The average molecular weight is 407 g/mol. The van der Waals surface area contributed by atoms with Gasteiger partial charge in [-0.1, -0.05) is 18.2 Å². The van der Waals surface area contributed by atoms with Gasteiger partial charge in [0.15, 0.2) is 0 Å². The summed E-state index contributed by atoms with van der Waals surface area (Å²) in [5.41, 5.74) is -0.533. The summed E-state index contributed by atoms with van der Waals surface area (Å²) >= 11 is 0. The van der Waals surface area contributed by atoms with Crippen molar-refractivity contribution in [1.82, 2.24) is 10.6 Å². The first-order valence-corrected chi connectivity index (χ1v) is 9.15. The second-order valence-corrected chi connectivity index (χ2v) is 7.21. The topological polar surface area (TPSA) is 50.4 Å². The van der Waals surface area contributed by atoms with Crippen molar-refractivity contribution in [2.75, 3.05) is 32.8 Å². The Morgan fingerprint density at radius 3 is 2.52 bits per heavy atom. The number of carbonyl (C=O) groups excluding carboxylic acids is 1. The van der Waals surface area contributed by atoms with Crippen LogP contribution in [0.4, 0.5) is 13.2 Å². The fraction of sp³-hybridized carbons (Fsp3) is 0.632. The number of carbonyl (C=O) groups is 1. The van der Waals surface area contributed by atoms with Crippen LogP contribution in [0.5, 0.6) is 0 Å². The molecule has 2 heterocycles. The second-order valence-electron chi connectivity index (χ2n) is 7.21. The molecule has 0 bridgehead atoms. The van der Waals surface area contributed by atoms with E-state index in [1.807, 2.05) is 0 Å². The molecule has 2 aliphatic rings. The summed E-state index contributed by atoms with van der Waals surface area (Å²) in [6.07, 6.45) is -1.58.